The molecule has 0 spiro atoms. The molecule has 6 nitrogen and oxygen atoms in total. The third-order valence-electron chi connectivity index (χ3n) is 5.11. The summed E-state index contributed by atoms with van der Waals surface area (Å²) >= 11 is 1.36. The van der Waals surface area contributed by atoms with E-state index in [0.29, 0.717) is 16.3 Å². The molecule has 0 saturated carbocycles. The van der Waals surface area contributed by atoms with Gasteiger partial charge in [-0.3, -0.25) is 19.3 Å². The molecule has 1 aromatic heterocycles. The Morgan fingerprint density at radius 1 is 0.966 bits per heavy atom. The van der Waals surface area contributed by atoms with Crippen molar-refractivity contribution in [1.82, 2.24) is 9.88 Å². The van der Waals surface area contributed by atoms with E-state index in [1.165, 1.54) is 11.3 Å². The van der Waals surface area contributed by atoms with Crippen molar-refractivity contribution >= 4 is 55.2 Å². The van der Waals surface area contributed by atoms with Crippen LogP contribution in [0.3, 0.4) is 0 Å². The van der Waals surface area contributed by atoms with Gasteiger partial charge in [0.2, 0.25) is 5.91 Å². The number of hydrogen-bond acceptors (Lipinski definition) is 5. The van der Waals surface area contributed by atoms with Crippen LogP contribution in [0.15, 0.2) is 60.7 Å². The number of carbonyl (C=O) groups excluding carboxylic acids is 3. The molecule has 1 unspecified atom stereocenters. The van der Waals surface area contributed by atoms with Crippen LogP contribution < -0.4 is 5.32 Å². The van der Waals surface area contributed by atoms with Crippen molar-refractivity contribution in [2.75, 3.05) is 5.32 Å². The van der Waals surface area contributed by atoms with Gasteiger partial charge < -0.3 is 5.32 Å². The van der Waals surface area contributed by atoms with Crippen LogP contribution in [0.4, 0.5) is 5.13 Å². The molecule has 1 aliphatic heterocycles. The minimum absolute atomic E-state index is 0.323. The fourth-order valence-corrected chi connectivity index (χ4v) is 4.49. The summed E-state index contributed by atoms with van der Waals surface area (Å²) in [5, 5.41) is 5.28. The maximum atomic E-state index is 12.8. The highest BCUT2D eigenvalue weighted by Crippen LogP contribution is 2.32. The lowest BCUT2D eigenvalue weighted by atomic mass is 10.1. The third kappa shape index (κ3) is 2.70. The van der Waals surface area contributed by atoms with E-state index in [2.05, 4.69) is 10.3 Å². The Morgan fingerprint density at radius 3 is 2.34 bits per heavy atom. The second-order valence-electron chi connectivity index (χ2n) is 6.84. The molecular weight excluding hydrogens is 386 g/mol. The van der Waals surface area contributed by atoms with E-state index in [-0.39, 0.29) is 0 Å². The number of aromatic nitrogens is 1. The van der Waals surface area contributed by atoms with Crippen molar-refractivity contribution in [3.05, 3.63) is 71.8 Å². The van der Waals surface area contributed by atoms with E-state index in [1.54, 1.807) is 31.2 Å². The first kappa shape index (κ1) is 17.5. The maximum absolute atomic E-state index is 12.8. The number of anilines is 1. The summed E-state index contributed by atoms with van der Waals surface area (Å²) in [6.45, 7) is 1.54. The van der Waals surface area contributed by atoms with Gasteiger partial charge in [0.15, 0.2) is 5.13 Å². The molecule has 142 valence electrons. The van der Waals surface area contributed by atoms with Crippen LogP contribution in [-0.4, -0.2) is 33.6 Å². The number of nitrogens with zero attached hydrogens (tertiary/aromatic N) is 2. The number of nitrogens with one attached hydrogen (secondary N) is 1. The van der Waals surface area contributed by atoms with Gasteiger partial charge in [-0.1, -0.05) is 53.8 Å². The standard InChI is InChI=1S/C22H15N3O3S/c1-12(25-20(27)15-8-4-5-9-16(15)21(25)28)19(26)24-22-23-18-14-7-3-2-6-13(14)10-11-17(18)29-22/h2-12H,1H3,(H,23,24,26). The molecule has 7 heteroatoms. The number of rotatable bonds is 3. The Balaban J connectivity index is 1.43. The van der Waals surface area contributed by atoms with E-state index < -0.39 is 23.8 Å². The smallest absolute Gasteiger partial charge is 0.262 e. The average Bonchev–Trinajstić information content (AvgIpc) is 3.26. The number of hydrogen-bond donors (Lipinski definition) is 1. The first-order chi connectivity index (χ1) is 14.0. The Bertz CT molecular complexity index is 1290. The SMILES string of the molecule is CC(C(=O)Nc1nc2c(ccc3ccccc32)s1)N1C(=O)c2ccccc2C1=O. The summed E-state index contributed by atoms with van der Waals surface area (Å²) < 4.78 is 0.951. The van der Waals surface area contributed by atoms with Gasteiger partial charge in [-0.25, -0.2) is 4.98 Å². The monoisotopic (exact) mass is 401 g/mol. The van der Waals surface area contributed by atoms with E-state index in [0.717, 1.165) is 25.9 Å². The highest BCUT2D eigenvalue weighted by Gasteiger charge is 2.40. The van der Waals surface area contributed by atoms with Gasteiger partial charge in [0.1, 0.15) is 6.04 Å². The molecule has 3 amide bonds. The van der Waals surface area contributed by atoms with Crippen molar-refractivity contribution in [3.63, 3.8) is 0 Å². The predicted octanol–water partition coefficient (Wildman–Crippen LogP) is 4.07. The number of fused-ring (bicyclic) bond motifs is 4. The van der Waals surface area contributed by atoms with Crippen LogP contribution >= 0.6 is 11.3 Å². The molecule has 0 saturated heterocycles. The van der Waals surface area contributed by atoms with Gasteiger partial charge >= 0.3 is 0 Å². The summed E-state index contributed by atoms with van der Waals surface area (Å²) in [4.78, 5) is 43.6. The summed E-state index contributed by atoms with van der Waals surface area (Å²) in [7, 11) is 0. The van der Waals surface area contributed by atoms with Gasteiger partial charge in [0, 0.05) is 5.39 Å². The molecule has 5 rings (SSSR count). The summed E-state index contributed by atoms with van der Waals surface area (Å²) in [6.07, 6.45) is 0. The van der Waals surface area contributed by atoms with Gasteiger partial charge in [0.05, 0.1) is 21.3 Å². The summed E-state index contributed by atoms with van der Waals surface area (Å²) in [5.74, 6) is -1.37. The zero-order valence-corrected chi connectivity index (χ0v) is 16.2. The lowest BCUT2D eigenvalue weighted by Gasteiger charge is -2.21. The van der Waals surface area contributed by atoms with Gasteiger partial charge in [0.25, 0.3) is 11.8 Å². The van der Waals surface area contributed by atoms with Crippen LogP contribution in [0.1, 0.15) is 27.6 Å². The van der Waals surface area contributed by atoms with Crippen molar-refractivity contribution in [2.45, 2.75) is 13.0 Å². The quantitative estimate of drug-likeness (QED) is 0.525. The Labute approximate surface area is 169 Å². The first-order valence-corrected chi connectivity index (χ1v) is 9.92. The zero-order valence-electron chi connectivity index (χ0n) is 15.4. The lowest BCUT2D eigenvalue weighted by Crippen LogP contribution is -2.45. The third-order valence-corrected chi connectivity index (χ3v) is 6.04. The molecule has 0 aliphatic carbocycles. The summed E-state index contributed by atoms with van der Waals surface area (Å²) in [6, 6.07) is 17.5. The fraction of sp³-hybridized carbons (Fsp3) is 0.0909. The zero-order chi connectivity index (χ0) is 20.1. The van der Waals surface area contributed by atoms with Crippen LogP contribution in [-0.2, 0) is 4.79 Å². The Kier molecular flexibility index (Phi) is 3.92. The fourth-order valence-electron chi connectivity index (χ4n) is 3.60. The number of benzene rings is 3. The molecule has 29 heavy (non-hydrogen) atoms. The molecule has 1 N–H and O–H groups in total. The van der Waals surface area contributed by atoms with Gasteiger partial charge in [-0.2, -0.15) is 0 Å². The van der Waals surface area contributed by atoms with Crippen LogP contribution in [0.2, 0.25) is 0 Å². The van der Waals surface area contributed by atoms with E-state index in [1.807, 2.05) is 36.4 Å². The first-order valence-electron chi connectivity index (χ1n) is 9.10. The Morgan fingerprint density at radius 2 is 1.62 bits per heavy atom. The van der Waals surface area contributed by atoms with Crippen molar-refractivity contribution in [1.29, 1.82) is 0 Å². The molecule has 3 aromatic carbocycles. The normalized spacial score (nSPS) is 14.4. The molecule has 4 aromatic rings. The molecule has 0 fully saturated rings. The van der Waals surface area contributed by atoms with E-state index in [9.17, 15) is 14.4 Å². The molecule has 1 aliphatic rings. The molecular formula is C22H15N3O3S. The Hall–Kier alpha value is -3.58. The molecule has 0 bridgehead atoms. The number of thiazole rings is 1. The number of amides is 3. The number of imide groups is 1. The molecule has 2 heterocycles. The lowest BCUT2D eigenvalue weighted by molar-refractivity contribution is -0.119. The average molecular weight is 401 g/mol. The van der Waals surface area contributed by atoms with E-state index >= 15 is 0 Å². The van der Waals surface area contributed by atoms with Crippen LogP contribution in [0, 0.1) is 0 Å². The van der Waals surface area contributed by atoms with Crippen molar-refractivity contribution < 1.29 is 14.4 Å². The van der Waals surface area contributed by atoms with Crippen molar-refractivity contribution in [2.24, 2.45) is 0 Å². The van der Waals surface area contributed by atoms with Gasteiger partial charge in [-0.05, 0) is 30.5 Å². The predicted molar refractivity (Wildman–Crippen MR) is 112 cm³/mol. The summed E-state index contributed by atoms with van der Waals surface area (Å²) in [5.41, 5.74) is 1.46. The topological polar surface area (TPSA) is 79.4 Å². The van der Waals surface area contributed by atoms with Crippen LogP contribution in [0.5, 0.6) is 0 Å². The largest absolute Gasteiger partial charge is 0.300 e. The van der Waals surface area contributed by atoms with Crippen LogP contribution in [0.25, 0.3) is 21.0 Å². The maximum Gasteiger partial charge on any atom is 0.262 e. The molecule has 1 atom stereocenters. The molecule has 0 radical (unpaired) electrons. The number of carbonyl (C=O) groups is 3. The highest BCUT2D eigenvalue weighted by atomic mass is 32.1. The second-order valence-corrected chi connectivity index (χ2v) is 7.87. The van der Waals surface area contributed by atoms with Gasteiger partial charge in [-0.15, -0.1) is 0 Å². The minimum Gasteiger partial charge on any atom is -0.300 e. The highest BCUT2D eigenvalue weighted by molar-refractivity contribution is 7.22. The van der Waals surface area contributed by atoms with E-state index in [4.69, 9.17) is 0 Å². The second kappa shape index (κ2) is 6.49. The minimum atomic E-state index is -0.953. The van der Waals surface area contributed by atoms with Crippen molar-refractivity contribution in [3.8, 4) is 0 Å².